The Labute approximate surface area is 208 Å². The van der Waals surface area contributed by atoms with Crippen LogP contribution in [0, 0.1) is 5.82 Å². The molecule has 0 fully saturated rings. The van der Waals surface area contributed by atoms with E-state index in [0.717, 1.165) is 19.1 Å². The van der Waals surface area contributed by atoms with Crippen molar-refractivity contribution in [2.45, 2.75) is 58.5 Å². The molecule has 0 aromatic heterocycles. The normalized spacial score (nSPS) is 12.1. The van der Waals surface area contributed by atoms with E-state index in [1.807, 2.05) is 13.8 Å². The second-order valence-electron chi connectivity index (χ2n) is 8.49. The number of anilines is 1. The van der Waals surface area contributed by atoms with Gasteiger partial charge in [-0.2, -0.15) is 0 Å². The van der Waals surface area contributed by atoms with E-state index in [9.17, 15) is 22.4 Å². The summed E-state index contributed by atoms with van der Waals surface area (Å²) in [6.45, 7) is 4.70. The minimum Gasteiger partial charge on any atom is -0.354 e. The van der Waals surface area contributed by atoms with Gasteiger partial charge in [-0.1, -0.05) is 50.6 Å². The third-order valence-electron chi connectivity index (χ3n) is 5.68. The summed E-state index contributed by atoms with van der Waals surface area (Å²) in [5, 5.41) is 2.90. The van der Waals surface area contributed by atoms with Crippen molar-refractivity contribution < 1.29 is 22.4 Å². The number of carbonyl (C=O) groups excluding carboxylic acids is 2. The summed E-state index contributed by atoms with van der Waals surface area (Å²) in [5.41, 5.74) is 1.24. The summed E-state index contributed by atoms with van der Waals surface area (Å²) in [6, 6.07) is 13.9. The van der Waals surface area contributed by atoms with Crippen LogP contribution in [-0.4, -0.2) is 50.5 Å². The van der Waals surface area contributed by atoms with Crippen molar-refractivity contribution in [3.8, 4) is 0 Å². The monoisotopic (exact) mass is 505 g/mol. The quantitative estimate of drug-likeness (QED) is 0.392. The Kier molecular flexibility index (Phi) is 11.2. The van der Waals surface area contributed by atoms with Gasteiger partial charge in [0.1, 0.15) is 11.9 Å². The Balaban J connectivity index is 2.16. The average molecular weight is 506 g/mol. The summed E-state index contributed by atoms with van der Waals surface area (Å²) >= 11 is 0. The van der Waals surface area contributed by atoms with Crippen LogP contribution in [0.25, 0.3) is 0 Å². The number of unbranched alkanes of at least 4 members (excludes halogenated alkanes) is 1. The van der Waals surface area contributed by atoms with Gasteiger partial charge in [-0.25, -0.2) is 12.8 Å². The maximum Gasteiger partial charge on any atom is 0.242 e. The number of halogens is 1. The van der Waals surface area contributed by atoms with Gasteiger partial charge in [-0.3, -0.25) is 13.9 Å². The van der Waals surface area contributed by atoms with Crippen LogP contribution in [-0.2, 0) is 26.2 Å². The van der Waals surface area contributed by atoms with Gasteiger partial charge < -0.3 is 10.2 Å². The summed E-state index contributed by atoms with van der Waals surface area (Å²) in [5.74, 6) is -0.857. The van der Waals surface area contributed by atoms with Crippen LogP contribution in [0.1, 0.15) is 51.5 Å². The highest BCUT2D eigenvalue weighted by molar-refractivity contribution is 7.92. The largest absolute Gasteiger partial charge is 0.354 e. The third kappa shape index (κ3) is 8.98. The third-order valence-corrected chi connectivity index (χ3v) is 6.87. The number of amides is 2. The van der Waals surface area contributed by atoms with E-state index in [1.54, 1.807) is 42.5 Å². The molecule has 35 heavy (non-hydrogen) atoms. The lowest BCUT2D eigenvalue weighted by atomic mass is 10.1. The van der Waals surface area contributed by atoms with Crippen molar-refractivity contribution in [1.29, 1.82) is 0 Å². The van der Waals surface area contributed by atoms with E-state index >= 15 is 0 Å². The molecule has 0 spiro atoms. The van der Waals surface area contributed by atoms with Crippen molar-refractivity contribution in [2.75, 3.05) is 23.7 Å². The number of carbonyl (C=O) groups is 2. The number of para-hydroxylation sites is 1. The van der Waals surface area contributed by atoms with Crippen LogP contribution in [0.4, 0.5) is 10.1 Å². The van der Waals surface area contributed by atoms with Gasteiger partial charge in [0, 0.05) is 26.1 Å². The van der Waals surface area contributed by atoms with Crippen LogP contribution in [0.5, 0.6) is 0 Å². The Morgan fingerprint density at radius 3 is 2.23 bits per heavy atom. The highest BCUT2D eigenvalue weighted by atomic mass is 32.2. The minimum atomic E-state index is -3.53. The van der Waals surface area contributed by atoms with Crippen LogP contribution < -0.4 is 9.62 Å². The molecule has 9 heteroatoms. The Bertz CT molecular complexity index is 1050. The Hall–Kier alpha value is -2.94. The molecule has 0 aliphatic carbocycles. The molecule has 2 amide bonds. The molecule has 0 bridgehead atoms. The first kappa shape index (κ1) is 28.3. The molecule has 1 atom stereocenters. The lowest BCUT2D eigenvalue weighted by Gasteiger charge is -2.31. The summed E-state index contributed by atoms with van der Waals surface area (Å²) in [7, 11) is -3.53. The number of hydrogen-bond acceptors (Lipinski definition) is 4. The predicted octanol–water partition coefficient (Wildman–Crippen LogP) is 4.10. The van der Waals surface area contributed by atoms with E-state index in [2.05, 4.69) is 5.32 Å². The topological polar surface area (TPSA) is 86.8 Å². The molecule has 0 radical (unpaired) electrons. The van der Waals surface area contributed by atoms with Gasteiger partial charge in [0.05, 0.1) is 11.9 Å². The Morgan fingerprint density at radius 2 is 1.66 bits per heavy atom. The van der Waals surface area contributed by atoms with E-state index in [4.69, 9.17) is 0 Å². The highest BCUT2D eigenvalue weighted by Gasteiger charge is 2.28. The number of sulfonamides is 1. The second-order valence-corrected chi connectivity index (χ2v) is 10.4. The molecular weight excluding hydrogens is 469 g/mol. The standard InChI is InChI=1S/C26H36FN3O4S/c1-4-6-18-28-26(32)24(5-2)29(20-21-14-16-22(27)17-15-21)25(31)13-10-19-30(35(3,33)34)23-11-8-7-9-12-23/h7-9,11-12,14-17,24H,4-6,10,13,18-20H2,1-3H3,(H,28,32). The van der Waals surface area contributed by atoms with Gasteiger partial charge in [-0.15, -0.1) is 0 Å². The zero-order chi connectivity index (χ0) is 25.8. The summed E-state index contributed by atoms with van der Waals surface area (Å²) in [6.07, 6.45) is 3.69. The van der Waals surface area contributed by atoms with Gasteiger partial charge in [0.25, 0.3) is 0 Å². The van der Waals surface area contributed by atoms with Crippen LogP contribution >= 0.6 is 0 Å². The molecule has 192 valence electrons. The smallest absolute Gasteiger partial charge is 0.242 e. The van der Waals surface area contributed by atoms with Crippen molar-refractivity contribution in [2.24, 2.45) is 0 Å². The average Bonchev–Trinajstić information content (AvgIpc) is 2.82. The molecule has 1 N–H and O–H groups in total. The molecule has 0 saturated carbocycles. The number of rotatable bonds is 14. The molecular formula is C26H36FN3O4S. The van der Waals surface area contributed by atoms with Gasteiger partial charge in [0.2, 0.25) is 21.8 Å². The van der Waals surface area contributed by atoms with Crippen LogP contribution in [0.15, 0.2) is 54.6 Å². The molecule has 2 aromatic rings. The lowest BCUT2D eigenvalue weighted by molar-refractivity contribution is -0.141. The molecule has 2 rings (SSSR count). The van der Waals surface area contributed by atoms with E-state index in [-0.39, 0.29) is 43.6 Å². The number of hydrogen-bond donors (Lipinski definition) is 1. The first-order valence-corrected chi connectivity index (χ1v) is 13.9. The zero-order valence-electron chi connectivity index (χ0n) is 20.7. The lowest BCUT2D eigenvalue weighted by Crippen LogP contribution is -2.49. The number of nitrogens with zero attached hydrogens (tertiary/aromatic N) is 2. The van der Waals surface area contributed by atoms with E-state index in [0.29, 0.717) is 24.2 Å². The molecule has 0 aliphatic rings. The maximum atomic E-state index is 13.4. The number of benzene rings is 2. The first-order chi connectivity index (χ1) is 16.7. The van der Waals surface area contributed by atoms with Crippen molar-refractivity contribution >= 4 is 27.5 Å². The highest BCUT2D eigenvalue weighted by Crippen LogP contribution is 2.19. The van der Waals surface area contributed by atoms with Gasteiger partial charge in [0.15, 0.2) is 0 Å². The fourth-order valence-corrected chi connectivity index (χ4v) is 4.78. The predicted molar refractivity (Wildman–Crippen MR) is 137 cm³/mol. The zero-order valence-corrected chi connectivity index (χ0v) is 21.6. The molecule has 0 aliphatic heterocycles. The van der Waals surface area contributed by atoms with Crippen molar-refractivity contribution in [3.05, 3.63) is 66.0 Å². The fraction of sp³-hybridized carbons (Fsp3) is 0.462. The van der Waals surface area contributed by atoms with E-state index in [1.165, 1.54) is 21.3 Å². The summed E-state index contributed by atoms with van der Waals surface area (Å²) in [4.78, 5) is 27.7. The van der Waals surface area contributed by atoms with Crippen LogP contribution in [0.2, 0.25) is 0 Å². The Morgan fingerprint density at radius 1 is 1.00 bits per heavy atom. The van der Waals surface area contributed by atoms with Crippen molar-refractivity contribution in [1.82, 2.24) is 10.2 Å². The van der Waals surface area contributed by atoms with Crippen LogP contribution in [0.3, 0.4) is 0 Å². The molecule has 7 nitrogen and oxygen atoms in total. The maximum absolute atomic E-state index is 13.4. The van der Waals surface area contributed by atoms with E-state index < -0.39 is 16.1 Å². The second kappa shape index (κ2) is 13.8. The molecule has 1 unspecified atom stereocenters. The molecule has 2 aromatic carbocycles. The first-order valence-electron chi connectivity index (χ1n) is 12.0. The van der Waals surface area contributed by atoms with Gasteiger partial charge in [-0.05, 0) is 49.1 Å². The fourth-order valence-electron chi connectivity index (χ4n) is 3.81. The summed E-state index contributed by atoms with van der Waals surface area (Å²) < 4.78 is 39.3. The SMILES string of the molecule is CCCCNC(=O)C(CC)N(Cc1ccc(F)cc1)C(=O)CCCN(c1ccccc1)S(C)(=O)=O. The van der Waals surface area contributed by atoms with Gasteiger partial charge >= 0.3 is 0 Å². The minimum absolute atomic E-state index is 0.0682. The molecule has 0 saturated heterocycles. The molecule has 0 heterocycles. The number of nitrogens with one attached hydrogen (secondary N) is 1. The van der Waals surface area contributed by atoms with Crippen molar-refractivity contribution in [3.63, 3.8) is 0 Å².